The molecule has 0 unspecified atom stereocenters. The molecular weight excluding hydrogens is 444 g/mol. The Bertz CT molecular complexity index is 1200. The molecule has 33 heavy (non-hydrogen) atoms. The molecule has 12 heteroatoms. The van der Waals surface area contributed by atoms with E-state index in [-0.39, 0.29) is 41.9 Å². The first kappa shape index (κ1) is 22.9. The van der Waals surface area contributed by atoms with Gasteiger partial charge in [0.1, 0.15) is 6.54 Å². The summed E-state index contributed by atoms with van der Waals surface area (Å²) in [4.78, 5) is 21.5. The zero-order valence-corrected chi connectivity index (χ0v) is 18.0. The molecule has 1 aliphatic rings. The summed E-state index contributed by atoms with van der Waals surface area (Å²) in [5, 5.41) is 6.70. The number of likely N-dealkylation sites (tertiary alicyclic amines) is 1. The zero-order chi connectivity index (χ0) is 23.8. The van der Waals surface area contributed by atoms with E-state index in [1.54, 1.807) is 12.1 Å². The number of aliphatic imine (C=N–C) groups is 1. The zero-order valence-electron chi connectivity index (χ0n) is 18.0. The van der Waals surface area contributed by atoms with Crippen molar-refractivity contribution in [2.45, 2.75) is 38.8 Å². The molecule has 0 radical (unpaired) electrons. The molecule has 0 aliphatic carbocycles. The number of piperidine rings is 1. The van der Waals surface area contributed by atoms with Crippen LogP contribution < -0.4 is 5.32 Å². The van der Waals surface area contributed by atoms with Gasteiger partial charge in [-0.2, -0.15) is 18.2 Å². The van der Waals surface area contributed by atoms with E-state index in [0.717, 1.165) is 4.57 Å². The number of amides is 1. The van der Waals surface area contributed by atoms with Gasteiger partial charge < -0.3 is 19.3 Å². The van der Waals surface area contributed by atoms with E-state index in [9.17, 15) is 22.4 Å². The normalized spacial score (nSPS) is 18.8. The highest BCUT2D eigenvalue weighted by Gasteiger charge is 2.31. The molecule has 4 rings (SSSR count). The molecule has 8 nitrogen and oxygen atoms in total. The predicted octanol–water partition coefficient (Wildman–Crippen LogP) is 3.64. The van der Waals surface area contributed by atoms with Gasteiger partial charge in [0.15, 0.2) is 6.17 Å². The van der Waals surface area contributed by atoms with Crippen LogP contribution in [0.4, 0.5) is 23.2 Å². The van der Waals surface area contributed by atoms with Crippen molar-refractivity contribution in [1.29, 1.82) is 0 Å². The third kappa shape index (κ3) is 5.21. The summed E-state index contributed by atoms with van der Waals surface area (Å²) in [7, 11) is 1.82. The fraction of sp³-hybridized carbons (Fsp3) is 0.429. The van der Waals surface area contributed by atoms with E-state index in [4.69, 9.17) is 4.52 Å². The van der Waals surface area contributed by atoms with E-state index >= 15 is 0 Å². The van der Waals surface area contributed by atoms with E-state index in [2.05, 4.69) is 20.4 Å². The molecule has 0 saturated carbocycles. The van der Waals surface area contributed by atoms with Crippen LogP contribution in [0.15, 0.2) is 33.8 Å². The number of nitrogens with one attached hydrogen (secondary N) is 1. The number of hydrogen-bond donors (Lipinski definition) is 1. The second-order valence-corrected chi connectivity index (χ2v) is 7.95. The smallest absolute Gasteiger partial charge is 0.347 e. The third-order valence-corrected chi connectivity index (χ3v) is 5.29. The van der Waals surface area contributed by atoms with E-state index < -0.39 is 18.9 Å². The maximum atomic E-state index is 14.5. The Morgan fingerprint density at radius 2 is 2.15 bits per heavy atom. The van der Waals surface area contributed by atoms with Crippen LogP contribution in [-0.4, -0.2) is 63.7 Å². The molecule has 3 aromatic rings. The molecule has 1 N–H and O–H groups in total. The number of aromatic nitrogens is 3. The van der Waals surface area contributed by atoms with Gasteiger partial charge >= 0.3 is 6.18 Å². The molecule has 1 aromatic carbocycles. The summed E-state index contributed by atoms with van der Waals surface area (Å²) in [6, 6.07) is 6.25. The first-order valence-corrected chi connectivity index (χ1v) is 10.3. The highest BCUT2D eigenvalue weighted by molar-refractivity contribution is 5.99. The Hall–Kier alpha value is -3.28. The van der Waals surface area contributed by atoms with E-state index in [1.165, 1.54) is 19.1 Å². The summed E-state index contributed by atoms with van der Waals surface area (Å²) in [6.45, 7) is 0.851. The molecule has 1 fully saturated rings. The van der Waals surface area contributed by atoms with Gasteiger partial charge in [0.25, 0.3) is 0 Å². The highest BCUT2D eigenvalue weighted by Crippen LogP contribution is 2.35. The van der Waals surface area contributed by atoms with Crippen molar-refractivity contribution in [3.05, 3.63) is 30.2 Å². The van der Waals surface area contributed by atoms with Gasteiger partial charge in [0.2, 0.25) is 17.6 Å². The quantitative estimate of drug-likeness (QED) is 0.580. The Morgan fingerprint density at radius 1 is 1.36 bits per heavy atom. The second kappa shape index (κ2) is 8.93. The number of rotatable bonds is 5. The third-order valence-electron chi connectivity index (χ3n) is 5.29. The molecular formula is C21H22F4N6O2. The fourth-order valence-electron chi connectivity index (χ4n) is 3.74. The molecule has 3 heterocycles. The first-order valence-electron chi connectivity index (χ1n) is 10.3. The lowest BCUT2D eigenvalue weighted by atomic mass is 10.1. The summed E-state index contributed by atoms with van der Waals surface area (Å²) >= 11 is 0. The number of fused-ring (bicyclic) bond motifs is 1. The fourth-order valence-corrected chi connectivity index (χ4v) is 3.74. The van der Waals surface area contributed by atoms with Crippen LogP contribution in [0.3, 0.4) is 0 Å². The van der Waals surface area contributed by atoms with E-state index in [0.29, 0.717) is 29.8 Å². The van der Waals surface area contributed by atoms with Gasteiger partial charge in [0, 0.05) is 31.8 Å². The van der Waals surface area contributed by atoms with Crippen molar-refractivity contribution in [3.8, 4) is 11.5 Å². The molecule has 1 amide bonds. The first-order chi connectivity index (χ1) is 15.6. The average Bonchev–Trinajstić information content (AvgIpc) is 3.33. The van der Waals surface area contributed by atoms with Crippen molar-refractivity contribution in [1.82, 2.24) is 24.9 Å². The van der Waals surface area contributed by atoms with Crippen molar-refractivity contribution in [3.63, 3.8) is 0 Å². The Balaban J connectivity index is 1.79. The second-order valence-electron chi connectivity index (χ2n) is 7.95. The molecule has 0 bridgehead atoms. The predicted molar refractivity (Wildman–Crippen MR) is 113 cm³/mol. The SMILES string of the molecule is CC(=O)NCc1nc(-c2cc3c(N=C4CCN(C)C[C@@H]4F)cccc3n2CC(F)(F)F)no1. The van der Waals surface area contributed by atoms with Crippen LogP contribution in [-0.2, 0) is 17.9 Å². The Morgan fingerprint density at radius 3 is 2.85 bits per heavy atom. The summed E-state index contributed by atoms with van der Waals surface area (Å²) in [6.07, 6.45) is -5.32. The summed E-state index contributed by atoms with van der Waals surface area (Å²) in [5.74, 6) is -0.321. The van der Waals surface area contributed by atoms with Crippen LogP contribution in [0.2, 0.25) is 0 Å². The van der Waals surface area contributed by atoms with Gasteiger partial charge in [-0.1, -0.05) is 11.2 Å². The maximum absolute atomic E-state index is 14.5. The van der Waals surface area contributed by atoms with Gasteiger partial charge in [-0.25, -0.2) is 4.39 Å². The highest BCUT2D eigenvalue weighted by atomic mass is 19.4. The number of benzene rings is 1. The summed E-state index contributed by atoms with van der Waals surface area (Å²) in [5.41, 5.74) is 1.08. The molecule has 1 atom stereocenters. The molecule has 0 spiro atoms. The Labute approximate surface area is 186 Å². The van der Waals surface area contributed by atoms with Crippen LogP contribution in [0, 0.1) is 0 Å². The van der Waals surface area contributed by atoms with Crippen molar-refractivity contribution in [2.24, 2.45) is 4.99 Å². The lowest BCUT2D eigenvalue weighted by Gasteiger charge is -2.26. The van der Waals surface area contributed by atoms with Crippen LogP contribution >= 0.6 is 0 Å². The molecule has 176 valence electrons. The van der Waals surface area contributed by atoms with Gasteiger partial charge in [0.05, 0.1) is 29.2 Å². The summed E-state index contributed by atoms with van der Waals surface area (Å²) < 4.78 is 60.8. The minimum Gasteiger partial charge on any atom is -0.347 e. The monoisotopic (exact) mass is 466 g/mol. The molecule has 1 saturated heterocycles. The topological polar surface area (TPSA) is 88.5 Å². The standard InChI is InChI=1S/C21H22F4N6O2/c1-12(32)26-9-19-28-20(29-33-19)18-8-13-15(27-16-6-7-30(2)10-14(16)22)4-3-5-17(13)31(18)11-21(23,24)25/h3-5,8,14H,6-7,9-11H2,1-2H3,(H,26,32)/t14-/m0/s1. The molecule has 1 aliphatic heterocycles. The lowest BCUT2D eigenvalue weighted by molar-refractivity contribution is -0.139. The van der Waals surface area contributed by atoms with Crippen molar-refractivity contribution in [2.75, 3.05) is 20.1 Å². The minimum atomic E-state index is -4.51. The average molecular weight is 466 g/mol. The maximum Gasteiger partial charge on any atom is 0.406 e. The number of carbonyl (C=O) groups excluding carboxylic acids is 1. The number of nitrogens with zero attached hydrogens (tertiary/aromatic N) is 5. The van der Waals surface area contributed by atoms with Crippen molar-refractivity contribution < 1.29 is 26.9 Å². The van der Waals surface area contributed by atoms with Crippen LogP contribution in [0.5, 0.6) is 0 Å². The van der Waals surface area contributed by atoms with Crippen LogP contribution in [0.25, 0.3) is 22.4 Å². The number of hydrogen-bond acceptors (Lipinski definition) is 6. The van der Waals surface area contributed by atoms with Gasteiger partial charge in [-0.05, 0) is 25.2 Å². The molecule has 2 aromatic heterocycles. The minimum absolute atomic E-state index is 0.0485. The number of alkyl halides is 4. The largest absolute Gasteiger partial charge is 0.406 e. The van der Waals surface area contributed by atoms with Crippen molar-refractivity contribution >= 4 is 28.2 Å². The number of halogens is 4. The van der Waals surface area contributed by atoms with Gasteiger partial charge in [-0.3, -0.25) is 9.79 Å². The van der Waals surface area contributed by atoms with E-state index in [1.807, 2.05) is 11.9 Å². The van der Waals surface area contributed by atoms with Crippen LogP contribution in [0.1, 0.15) is 19.2 Å². The number of carbonyl (C=O) groups is 1. The lowest BCUT2D eigenvalue weighted by Crippen LogP contribution is -2.39. The van der Waals surface area contributed by atoms with Gasteiger partial charge in [-0.15, -0.1) is 0 Å². The Kier molecular flexibility index (Phi) is 6.19.